The number of rotatable bonds is 4. The van der Waals surface area contributed by atoms with Crippen LogP contribution in [0.25, 0.3) is 0 Å². The summed E-state index contributed by atoms with van der Waals surface area (Å²) in [5, 5.41) is 0. The van der Waals surface area contributed by atoms with Crippen LogP contribution in [0.4, 0.5) is 0 Å². The van der Waals surface area contributed by atoms with Gasteiger partial charge in [0.15, 0.2) is 0 Å². The summed E-state index contributed by atoms with van der Waals surface area (Å²) in [6, 6.07) is 10.5. The Morgan fingerprint density at radius 3 is 2.70 bits per heavy atom. The molecular weight excluding hydrogens is 332 g/mol. The highest BCUT2D eigenvalue weighted by atomic mass is 16.5. The first-order valence-electron chi connectivity index (χ1n) is 11.0. The van der Waals surface area contributed by atoms with E-state index >= 15 is 0 Å². The fourth-order valence-electron chi connectivity index (χ4n) is 7.17. The fourth-order valence-corrected chi connectivity index (χ4v) is 7.17. The molecule has 0 unspecified atom stereocenters. The predicted octanol–water partition coefficient (Wildman–Crippen LogP) is 5.43. The molecule has 3 fully saturated rings. The van der Waals surface area contributed by atoms with Gasteiger partial charge in [-0.25, -0.2) is 0 Å². The molecule has 1 aromatic rings. The van der Waals surface area contributed by atoms with Crippen molar-refractivity contribution in [3.8, 4) is 0 Å². The van der Waals surface area contributed by atoms with Gasteiger partial charge in [-0.3, -0.25) is 4.79 Å². The molecule has 0 aromatic heterocycles. The normalized spacial score (nSPS) is 40.3. The molecule has 0 aliphatic heterocycles. The SMILES string of the molecule is CC1=C[C@H]2CC[C@H]3CCC(=O)[C@H]4CC[C@H]([C@@H]2[C@H]34)[C@H]1COCc1ccccc1. The summed E-state index contributed by atoms with van der Waals surface area (Å²) in [4.78, 5) is 12.6. The van der Waals surface area contributed by atoms with E-state index in [0.29, 0.717) is 30.1 Å². The molecule has 2 heteroatoms. The van der Waals surface area contributed by atoms with Crippen LogP contribution in [-0.2, 0) is 16.1 Å². The van der Waals surface area contributed by atoms with Gasteiger partial charge in [0.1, 0.15) is 5.78 Å². The van der Waals surface area contributed by atoms with Gasteiger partial charge in [0.25, 0.3) is 0 Å². The van der Waals surface area contributed by atoms with Crippen LogP contribution >= 0.6 is 0 Å². The van der Waals surface area contributed by atoms with Crippen molar-refractivity contribution in [1.29, 1.82) is 0 Å². The van der Waals surface area contributed by atoms with Crippen molar-refractivity contribution >= 4 is 5.78 Å². The van der Waals surface area contributed by atoms with Crippen molar-refractivity contribution in [2.75, 3.05) is 6.61 Å². The Bertz CT molecular complexity index is 721. The molecule has 3 saturated carbocycles. The summed E-state index contributed by atoms with van der Waals surface area (Å²) in [7, 11) is 0. The van der Waals surface area contributed by atoms with E-state index in [1.165, 1.54) is 24.8 Å². The lowest BCUT2D eigenvalue weighted by atomic mass is 9.47. The van der Waals surface area contributed by atoms with Gasteiger partial charge in [0.2, 0.25) is 0 Å². The molecule has 144 valence electrons. The summed E-state index contributed by atoms with van der Waals surface area (Å²) in [6.07, 6.45) is 9.65. The minimum Gasteiger partial charge on any atom is -0.376 e. The van der Waals surface area contributed by atoms with Crippen molar-refractivity contribution in [3.05, 3.63) is 47.5 Å². The minimum atomic E-state index is 0.380. The largest absolute Gasteiger partial charge is 0.376 e. The standard InChI is InChI=1S/C25H32O2/c1-16-13-19-8-7-18-9-12-23(26)21-11-10-20(25(19)24(18)21)22(16)15-27-14-17-5-3-2-4-6-17/h2-6,13,18-22,24-25H,7-12,14-15H2,1H3/t18-,19+,20-,21+,22-,24+,25+/m0/s1. The molecule has 0 radical (unpaired) electrons. The number of ether oxygens (including phenoxy) is 1. The number of hydrogen-bond donors (Lipinski definition) is 0. The zero-order valence-electron chi connectivity index (χ0n) is 16.5. The number of hydrogen-bond acceptors (Lipinski definition) is 2. The molecule has 4 aliphatic carbocycles. The maximum absolute atomic E-state index is 12.6. The van der Waals surface area contributed by atoms with Crippen molar-refractivity contribution in [1.82, 2.24) is 0 Å². The van der Waals surface area contributed by atoms with Crippen LogP contribution < -0.4 is 0 Å². The van der Waals surface area contributed by atoms with Crippen LogP contribution in [-0.4, -0.2) is 12.4 Å². The number of benzene rings is 1. The molecule has 7 atom stereocenters. The Morgan fingerprint density at radius 1 is 1.00 bits per heavy atom. The highest BCUT2D eigenvalue weighted by Gasteiger charge is 2.55. The maximum Gasteiger partial charge on any atom is 0.136 e. The van der Waals surface area contributed by atoms with Gasteiger partial charge in [0, 0.05) is 18.3 Å². The summed E-state index contributed by atoms with van der Waals surface area (Å²) < 4.78 is 6.21. The Balaban J connectivity index is 1.34. The molecule has 0 N–H and O–H groups in total. The molecule has 4 aliphatic rings. The Kier molecular flexibility index (Phi) is 4.71. The third-order valence-electron chi connectivity index (χ3n) is 8.29. The zero-order chi connectivity index (χ0) is 18.4. The second kappa shape index (κ2) is 7.20. The number of carbonyl (C=O) groups is 1. The van der Waals surface area contributed by atoms with E-state index in [0.717, 1.165) is 49.5 Å². The monoisotopic (exact) mass is 364 g/mol. The molecular formula is C25H32O2. The van der Waals surface area contributed by atoms with Gasteiger partial charge >= 0.3 is 0 Å². The van der Waals surface area contributed by atoms with Gasteiger partial charge in [-0.1, -0.05) is 42.0 Å². The van der Waals surface area contributed by atoms with E-state index in [1.807, 2.05) is 0 Å². The Labute approximate surface area is 163 Å². The molecule has 0 spiro atoms. The average Bonchev–Trinajstić information content (AvgIpc) is 2.70. The first kappa shape index (κ1) is 17.7. The lowest BCUT2D eigenvalue weighted by Crippen LogP contribution is -2.53. The van der Waals surface area contributed by atoms with E-state index in [2.05, 4.69) is 43.3 Å². The van der Waals surface area contributed by atoms with Crippen molar-refractivity contribution in [2.24, 2.45) is 41.4 Å². The molecule has 0 saturated heterocycles. The number of carbonyl (C=O) groups excluding carboxylic acids is 1. The Morgan fingerprint density at radius 2 is 1.85 bits per heavy atom. The van der Waals surface area contributed by atoms with E-state index < -0.39 is 0 Å². The second-order valence-electron chi connectivity index (χ2n) is 9.53. The van der Waals surface area contributed by atoms with E-state index in [1.54, 1.807) is 5.57 Å². The smallest absolute Gasteiger partial charge is 0.136 e. The first-order chi connectivity index (χ1) is 13.2. The van der Waals surface area contributed by atoms with Crippen molar-refractivity contribution < 1.29 is 9.53 Å². The highest BCUT2D eigenvalue weighted by Crippen LogP contribution is 2.59. The van der Waals surface area contributed by atoms with Crippen LogP contribution in [0.3, 0.4) is 0 Å². The summed E-state index contributed by atoms with van der Waals surface area (Å²) >= 11 is 0. The van der Waals surface area contributed by atoms with Crippen LogP contribution in [0.2, 0.25) is 0 Å². The quantitative estimate of drug-likeness (QED) is 0.666. The third kappa shape index (κ3) is 3.10. The lowest BCUT2D eigenvalue weighted by Gasteiger charge is -2.57. The van der Waals surface area contributed by atoms with Crippen LogP contribution in [0, 0.1) is 41.4 Å². The summed E-state index contributed by atoms with van der Waals surface area (Å²) in [5.74, 6) is 5.18. The van der Waals surface area contributed by atoms with Gasteiger partial charge in [-0.05, 0) is 74.2 Å². The maximum atomic E-state index is 12.6. The first-order valence-corrected chi connectivity index (χ1v) is 11.0. The van der Waals surface area contributed by atoms with Gasteiger partial charge in [-0.15, -0.1) is 0 Å². The van der Waals surface area contributed by atoms with Gasteiger partial charge in [-0.2, -0.15) is 0 Å². The van der Waals surface area contributed by atoms with Crippen LogP contribution in [0.1, 0.15) is 51.0 Å². The number of Topliss-reactive ketones (excluding diaryl/α,β-unsaturated/α-hetero) is 1. The Hall–Kier alpha value is -1.41. The summed E-state index contributed by atoms with van der Waals surface area (Å²) in [6.45, 7) is 3.87. The lowest BCUT2D eigenvalue weighted by molar-refractivity contribution is -0.140. The van der Waals surface area contributed by atoms with Crippen molar-refractivity contribution in [3.63, 3.8) is 0 Å². The average molecular weight is 365 g/mol. The second-order valence-corrected chi connectivity index (χ2v) is 9.53. The predicted molar refractivity (Wildman–Crippen MR) is 107 cm³/mol. The molecule has 5 rings (SSSR count). The molecule has 1 aromatic carbocycles. The van der Waals surface area contributed by atoms with E-state index in [-0.39, 0.29) is 0 Å². The van der Waals surface area contributed by atoms with Crippen LogP contribution in [0.15, 0.2) is 42.0 Å². The van der Waals surface area contributed by atoms with Gasteiger partial charge in [0.05, 0.1) is 13.2 Å². The van der Waals surface area contributed by atoms with E-state index in [9.17, 15) is 4.79 Å². The summed E-state index contributed by atoms with van der Waals surface area (Å²) in [5.41, 5.74) is 2.81. The molecule has 0 amide bonds. The molecule has 2 nitrogen and oxygen atoms in total. The third-order valence-corrected chi connectivity index (χ3v) is 8.29. The number of ketones is 1. The fraction of sp³-hybridized carbons (Fsp3) is 0.640. The van der Waals surface area contributed by atoms with E-state index in [4.69, 9.17) is 4.74 Å². The van der Waals surface area contributed by atoms with Crippen molar-refractivity contribution in [2.45, 2.75) is 52.1 Å². The van der Waals surface area contributed by atoms with Crippen LogP contribution in [0.5, 0.6) is 0 Å². The molecule has 27 heavy (non-hydrogen) atoms. The minimum absolute atomic E-state index is 0.380. The zero-order valence-corrected chi connectivity index (χ0v) is 16.5. The highest BCUT2D eigenvalue weighted by molar-refractivity contribution is 5.82. The van der Waals surface area contributed by atoms with Gasteiger partial charge < -0.3 is 4.74 Å². The topological polar surface area (TPSA) is 26.3 Å². The molecule has 0 heterocycles. The molecule has 0 bridgehead atoms. The number of allylic oxidation sites excluding steroid dienone is 1.